The van der Waals surface area contributed by atoms with E-state index in [1.165, 1.54) is 0 Å². The molecule has 0 aliphatic heterocycles. The van der Waals surface area contributed by atoms with Crippen LogP contribution in [0.5, 0.6) is 17.2 Å². The molecule has 3 rings (SSSR count). The fourth-order valence-corrected chi connectivity index (χ4v) is 3.80. The van der Waals surface area contributed by atoms with Gasteiger partial charge in [-0.1, -0.05) is 29.7 Å². The van der Waals surface area contributed by atoms with Crippen LogP contribution in [0.15, 0.2) is 54.6 Å². The molecule has 7 heteroatoms. The molecular formula is C25H25ClN2O3S. The Morgan fingerprint density at radius 3 is 2.44 bits per heavy atom. The van der Waals surface area contributed by atoms with Crippen LogP contribution in [0.2, 0.25) is 5.02 Å². The fraction of sp³-hybridized carbons (Fsp3) is 0.240. The molecule has 0 fully saturated rings. The second-order valence-electron chi connectivity index (χ2n) is 7.61. The lowest BCUT2D eigenvalue weighted by Gasteiger charge is -2.25. The van der Waals surface area contributed by atoms with E-state index in [0.29, 0.717) is 35.4 Å². The van der Waals surface area contributed by atoms with Gasteiger partial charge in [0.2, 0.25) is 5.91 Å². The van der Waals surface area contributed by atoms with Crippen molar-refractivity contribution in [1.82, 2.24) is 10.6 Å². The third kappa shape index (κ3) is 6.27. The number of amides is 1. The standard InChI is InChI=1S/C25H25ClN2O3S/c1-5-20-11-12-21(32-20)16-28-25(2,3)24(29)27-15-17-6-8-18(9-7-17)31-23-13-10-19(30-4)14-22(23)26/h1,6-14,28H,15-16H2,2-4H3,(H,27,29). The van der Waals surface area contributed by atoms with Gasteiger partial charge in [0.25, 0.3) is 0 Å². The SMILES string of the molecule is C#Cc1ccc(CNC(C)(C)C(=O)NCc2ccc(Oc3ccc(OC)cc3Cl)cc2)s1. The normalized spacial score (nSPS) is 11.0. The van der Waals surface area contributed by atoms with Gasteiger partial charge in [0, 0.05) is 24.0 Å². The van der Waals surface area contributed by atoms with Gasteiger partial charge in [-0.3, -0.25) is 10.1 Å². The molecule has 2 N–H and O–H groups in total. The van der Waals surface area contributed by atoms with Gasteiger partial charge in [0.1, 0.15) is 17.2 Å². The topological polar surface area (TPSA) is 59.6 Å². The lowest BCUT2D eigenvalue weighted by molar-refractivity contribution is -0.126. The third-order valence-electron chi connectivity index (χ3n) is 4.82. The quantitative estimate of drug-likeness (QED) is 0.414. The van der Waals surface area contributed by atoms with E-state index in [1.54, 1.807) is 36.6 Å². The molecule has 0 aliphatic carbocycles. The van der Waals surface area contributed by atoms with Crippen LogP contribution in [0.25, 0.3) is 0 Å². The van der Waals surface area contributed by atoms with Crippen LogP contribution >= 0.6 is 22.9 Å². The fourth-order valence-electron chi connectivity index (χ4n) is 2.84. The molecule has 3 aromatic rings. The van der Waals surface area contributed by atoms with Crippen molar-refractivity contribution in [2.45, 2.75) is 32.5 Å². The Morgan fingerprint density at radius 1 is 1.09 bits per heavy atom. The first-order chi connectivity index (χ1) is 15.3. The Hall–Kier alpha value is -2.98. The molecule has 0 radical (unpaired) electrons. The molecule has 0 aliphatic rings. The predicted molar refractivity (Wildman–Crippen MR) is 130 cm³/mol. The number of ether oxygens (including phenoxy) is 2. The number of hydrogen-bond donors (Lipinski definition) is 2. The monoisotopic (exact) mass is 468 g/mol. The van der Waals surface area contributed by atoms with Gasteiger partial charge in [-0.05, 0) is 55.8 Å². The summed E-state index contributed by atoms with van der Waals surface area (Å²) >= 11 is 7.77. The van der Waals surface area contributed by atoms with Crippen LogP contribution < -0.4 is 20.1 Å². The summed E-state index contributed by atoms with van der Waals surface area (Å²) in [5, 5.41) is 6.73. The van der Waals surface area contributed by atoms with E-state index in [1.807, 2.05) is 50.2 Å². The lowest BCUT2D eigenvalue weighted by Crippen LogP contribution is -2.52. The van der Waals surface area contributed by atoms with Crippen molar-refractivity contribution >= 4 is 28.8 Å². The highest BCUT2D eigenvalue weighted by atomic mass is 35.5. The molecule has 2 aromatic carbocycles. The molecule has 0 saturated heterocycles. The summed E-state index contributed by atoms with van der Waals surface area (Å²) in [5.41, 5.74) is 0.230. The molecule has 0 saturated carbocycles. The first kappa shape index (κ1) is 23.7. The molecule has 1 aromatic heterocycles. The molecule has 32 heavy (non-hydrogen) atoms. The molecule has 1 amide bonds. The zero-order chi connectivity index (χ0) is 23.1. The number of halogens is 1. The third-order valence-corrected chi connectivity index (χ3v) is 6.13. The molecule has 1 heterocycles. The number of nitrogens with one attached hydrogen (secondary N) is 2. The number of thiophene rings is 1. The van der Waals surface area contributed by atoms with Gasteiger partial charge >= 0.3 is 0 Å². The number of carbonyl (C=O) groups excluding carboxylic acids is 1. The average Bonchev–Trinajstić information content (AvgIpc) is 3.26. The van der Waals surface area contributed by atoms with Gasteiger partial charge in [-0.25, -0.2) is 0 Å². The summed E-state index contributed by atoms with van der Waals surface area (Å²) in [4.78, 5) is 14.6. The minimum Gasteiger partial charge on any atom is -0.497 e. The Kier molecular flexibility index (Phi) is 7.81. The van der Waals surface area contributed by atoms with E-state index in [0.717, 1.165) is 15.3 Å². The van der Waals surface area contributed by atoms with Crippen molar-refractivity contribution in [2.24, 2.45) is 0 Å². The lowest BCUT2D eigenvalue weighted by atomic mass is 10.0. The molecule has 0 spiro atoms. The number of hydrogen-bond acceptors (Lipinski definition) is 5. The van der Waals surface area contributed by atoms with E-state index >= 15 is 0 Å². The van der Waals surface area contributed by atoms with Crippen molar-refractivity contribution in [3.05, 3.63) is 74.9 Å². The molecular weight excluding hydrogens is 444 g/mol. The number of terminal acetylenes is 1. The highest BCUT2D eigenvalue weighted by Crippen LogP contribution is 2.32. The predicted octanol–water partition coefficient (Wildman–Crippen LogP) is 5.37. The van der Waals surface area contributed by atoms with Crippen LogP contribution in [0, 0.1) is 12.3 Å². The van der Waals surface area contributed by atoms with Gasteiger partial charge in [0.05, 0.1) is 22.5 Å². The largest absolute Gasteiger partial charge is 0.497 e. The number of benzene rings is 2. The average molecular weight is 469 g/mol. The minimum absolute atomic E-state index is 0.0865. The van der Waals surface area contributed by atoms with Crippen LogP contribution in [0.4, 0.5) is 0 Å². The molecule has 166 valence electrons. The zero-order valence-electron chi connectivity index (χ0n) is 18.2. The smallest absolute Gasteiger partial charge is 0.240 e. The second kappa shape index (κ2) is 10.6. The number of rotatable bonds is 9. The minimum atomic E-state index is -0.728. The summed E-state index contributed by atoms with van der Waals surface area (Å²) in [6.45, 7) is 4.70. The van der Waals surface area contributed by atoms with Crippen molar-refractivity contribution in [1.29, 1.82) is 0 Å². The maximum atomic E-state index is 12.7. The zero-order valence-corrected chi connectivity index (χ0v) is 19.8. The van der Waals surface area contributed by atoms with E-state index < -0.39 is 5.54 Å². The van der Waals surface area contributed by atoms with Crippen LogP contribution in [-0.2, 0) is 17.9 Å². The Balaban J connectivity index is 1.51. The second-order valence-corrected chi connectivity index (χ2v) is 9.19. The number of carbonyl (C=O) groups is 1. The van der Waals surface area contributed by atoms with Crippen molar-refractivity contribution in [2.75, 3.05) is 7.11 Å². The molecule has 0 unspecified atom stereocenters. The maximum Gasteiger partial charge on any atom is 0.240 e. The first-order valence-corrected chi connectivity index (χ1v) is 11.2. The Bertz CT molecular complexity index is 1120. The summed E-state index contributed by atoms with van der Waals surface area (Å²) in [5.74, 6) is 4.39. The Labute approximate surface area is 197 Å². The van der Waals surface area contributed by atoms with Gasteiger partial charge in [0.15, 0.2) is 0 Å². The summed E-state index contributed by atoms with van der Waals surface area (Å²) in [6, 6.07) is 16.6. The van der Waals surface area contributed by atoms with E-state index in [4.69, 9.17) is 27.5 Å². The summed E-state index contributed by atoms with van der Waals surface area (Å²) in [7, 11) is 1.58. The van der Waals surface area contributed by atoms with Crippen LogP contribution in [0.3, 0.4) is 0 Å². The van der Waals surface area contributed by atoms with E-state index in [9.17, 15) is 4.79 Å². The van der Waals surface area contributed by atoms with Gasteiger partial charge < -0.3 is 14.8 Å². The van der Waals surface area contributed by atoms with Crippen molar-refractivity contribution in [3.8, 4) is 29.6 Å². The summed E-state index contributed by atoms with van der Waals surface area (Å²) in [6.07, 6.45) is 5.41. The first-order valence-electron chi connectivity index (χ1n) is 9.99. The van der Waals surface area contributed by atoms with Crippen LogP contribution in [-0.4, -0.2) is 18.6 Å². The van der Waals surface area contributed by atoms with Crippen molar-refractivity contribution in [3.63, 3.8) is 0 Å². The number of methoxy groups -OCH3 is 1. The maximum absolute atomic E-state index is 12.7. The molecule has 0 atom stereocenters. The van der Waals surface area contributed by atoms with Crippen LogP contribution in [0.1, 0.15) is 29.2 Å². The van der Waals surface area contributed by atoms with Gasteiger partial charge in [-0.15, -0.1) is 17.8 Å². The Morgan fingerprint density at radius 2 is 1.81 bits per heavy atom. The van der Waals surface area contributed by atoms with Gasteiger partial charge in [-0.2, -0.15) is 0 Å². The molecule has 5 nitrogen and oxygen atoms in total. The van der Waals surface area contributed by atoms with Crippen molar-refractivity contribution < 1.29 is 14.3 Å². The highest BCUT2D eigenvalue weighted by molar-refractivity contribution is 7.12. The summed E-state index contributed by atoms with van der Waals surface area (Å²) < 4.78 is 11.0. The van der Waals surface area contributed by atoms with E-state index in [2.05, 4.69) is 16.6 Å². The van der Waals surface area contributed by atoms with E-state index in [-0.39, 0.29) is 5.91 Å². The highest BCUT2D eigenvalue weighted by Gasteiger charge is 2.26. The molecule has 0 bridgehead atoms.